The Kier molecular flexibility index (Phi) is 5.24. The van der Waals surface area contributed by atoms with Gasteiger partial charge in [-0.2, -0.15) is 0 Å². The summed E-state index contributed by atoms with van der Waals surface area (Å²) in [6, 6.07) is 11.1. The Morgan fingerprint density at radius 2 is 2.00 bits per heavy atom. The van der Waals surface area contributed by atoms with Crippen LogP contribution in [0, 0.1) is 13.8 Å². The smallest absolute Gasteiger partial charge is 0.272 e. The van der Waals surface area contributed by atoms with Crippen LogP contribution in [0.3, 0.4) is 0 Å². The van der Waals surface area contributed by atoms with E-state index in [-0.39, 0.29) is 17.2 Å². The van der Waals surface area contributed by atoms with Gasteiger partial charge in [0.2, 0.25) is 5.91 Å². The first-order valence-electron chi connectivity index (χ1n) is 7.61. The Morgan fingerprint density at radius 1 is 1.24 bits per heavy atom. The van der Waals surface area contributed by atoms with Crippen LogP contribution in [0.5, 0.6) is 0 Å². The van der Waals surface area contributed by atoms with E-state index in [1.807, 2.05) is 32.0 Å². The van der Waals surface area contributed by atoms with Crippen molar-refractivity contribution in [1.82, 2.24) is 9.66 Å². The quantitative estimate of drug-likeness (QED) is 0.658. The van der Waals surface area contributed by atoms with Crippen molar-refractivity contribution in [3.63, 3.8) is 0 Å². The zero-order valence-electron chi connectivity index (χ0n) is 13.7. The molecule has 128 valence electrons. The maximum Gasteiger partial charge on any atom is 0.280 e. The molecule has 1 N–H and O–H groups in total. The second-order valence-electron chi connectivity index (χ2n) is 5.63. The van der Waals surface area contributed by atoms with Crippen molar-refractivity contribution in [3.05, 3.63) is 68.7 Å². The lowest BCUT2D eigenvalue weighted by Gasteiger charge is -2.10. The topological polar surface area (TPSA) is 64.0 Å². The van der Waals surface area contributed by atoms with Crippen molar-refractivity contribution >= 4 is 44.5 Å². The van der Waals surface area contributed by atoms with E-state index in [2.05, 4.69) is 26.3 Å². The number of aryl methyl sites for hydroxylation is 2. The molecule has 1 amide bonds. The summed E-state index contributed by atoms with van der Waals surface area (Å²) in [6.07, 6.45) is 1.34. The fraction of sp³-hybridized carbons (Fsp3) is 0.167. The fourth-order valence-electron chi connectivity index (χ4n) is 2.37. The van der Waals surface area contributed by atoms with Gasteiger partial charge in [0.15, 0.2) is 0 Å². The molecule has 0 unspecified atom stereocenters. The van der Waals surface area contributed by atoms with Gasteiger partial charge in [-0.05, 0) is 49.2 Å². The van der Waals surface area contributed by atoms with E-state index in [1.165, 1.54) is 18.1 Å². The number of carbonyl (C=O) groups excluding carboxylic acids is 1. The third-order valence-electron chi connectivity index (χ3n) is 3.73. The van der Waals surface area contributed by atoms with Crippen LogP contribution >= 0.6 is 27.7 Å². The van der Waals surface area contributed by atoms with Crippen LogP contribution in [-0.2, 0) is 4.79 Å². The van der Waals surface area contributed by atoms with Crippen molar-refractivity contribution < 1.29 is 4.79 Å². The first-order valence-corrected chi connectivity index (χ1v) is 9.39. The van der Waals surface area contributed by atoms with E-state index in [1.54, 1.807) is 18.2 Å². The van der Waals surface area contributed by atoms with Gasteiger partial charge in [-0.25, -0.2) is 9.66 Å². The number of fused-ring (bicyclic) bond motifs is 1. The number of para-hydroxylation sites is 1. The van der Waals surface area contributed by atoms with E-state index < -0.39 is 0 Å². The number of rotatable bonds is 4. The van der Waals surface area contributed by atoms with Gasteiger partial charge in [-0.15, -0.1) is 11.8 Å². The third-order valence-corrected chi connectivity index (χ3v) is 5.74. The zero-order valence-corrected chi connectivity index (χ0v) is 16.1. The number of hydrogen-bond donors (Lipinski definition) is 1. The molecule has 3 rings (SSSR count). The van der Waals surface area contributed by atoms with Crippen LogP contribution < -0.4 is 11.0 Å². The Morgan fingerprint density at radius 3 is 2.80 bits per heavy atom. The molecule has 0 bridgehead atoms. The van der Waals surface area contributed by atoms with Crippen LogP contribution in [0.2, 0.25) is 0 Å². The van der Waals surface area contributed by atoms with Gasteiger partial charge in [0.1, 0.15) is 6.33 Å². The molecule has 0 aliphatic rings. The van der Waals surface area contributed by atoms with Crippen molar-refractivity contribution in [2.45, 2.75) is 18.7 Å². The summed E-state index contributed by atoms with van der Waals surface area (Å²) in [5.41, 5.74) is 5.11. The van der Waals surface area contributed by atoms with Gasteiger partial charge in [0.05, 0.1) is 16.7 Å². The van der Waals surface area contributed by atoms with Crippen LogP contribution in [0.25, 0.3) is 10.9 Å². The molecule has 0 saturated carbocycles. The molecular weight excluding hydrogens is 402 g/mol. The second-order valence-corrected chi connectivity index (χ2v) is 7.50. The molecule has 0 saturated heterocycles. The summed E-state index contributed by atoms with van der Waals surface area (Å²) in [7, 11) is 0. The summed E-state index contributed by atoms with van der Waals surface area (Å²) in [5, 5.41) is 0.470. The lowest BCUT2D eigenvalue weighted by molar-refractivity contribution is -0.114. The van der Waals surface area contributed by atoms with Gasteiger partial charge in [-0.3, -0.25) is 15.0 Å². The lowest BCUT2D eigenvalue weighted by Crippen LogP contribution is -2.34. The first kappa shape index (κ1) is 17.7. The summed E-state index contributed by atoms with van der Waals surface area (Å²) in [4.78, 5) is 29.8. The molecular formula is C18H16BrN3O2S. The number of benzene rings is 2. The second kappa shape index (κ2) is 7.41. The van der Waals surface area contributed by atoms with Crippen molar-refractivity contribution in [2.75, 3.05) is 11.2 Å². The lowest BCUT2D eigenvalue weighted by atomic mass is 10.2. The Hall–Kier alpha value is -2.12. The number of nitrogens with zero attached hydrogens (tertiary/aromatic N) is 2. The highest BCUT2D eigenvalue weighted by Crippen LogP contribution is 2.28. The molecule has 0 atom stereocenters. The summed E-state index contributed by atoms with van der Waals surface area (Å²) < 4.78 is 2.18. The van der Waals surface area contributed by atoms with Gasteiger partial charge < -0.3 is 0 Å². The van der Waals surface area contributed by atoms with E-state index in [0.717, 1.165) is 25.2 Å². The van der Waals surface area contributed by atoms with E-state index in [0.29, 0.717) is 10.9 Å². The highest BCUT2D eigenvalue weighted by molar-refractivity contribution is 9.10. The molecule has 5 nitrogen and oxygen atoms in total. The number of aromatic nitrogens is 2. The van der Waals surface area contributed by atoms with Crippen molar-refractivity contribution in [3.8, 4) is 0 Å². The van der Waals surface area contributed by atoms with E-state index >= 15 is 0 Å². The normalized spacial score (nSPS) is 10.8. The summed E-state index contributed by atoms with van der Waals surface area (Å²) in [6.45, 7) is 4.01. The maximum atomic E-state index is 12.4. The monoisotopic (exact) mass is 417 g/mol. The van der Waals surface area contributed by atoms with Crippen molar-refractivity contribution in [2.24, 2.45) is 0 Å². The number of hydrogen-bond acceptors (Lipinski definition) is 4. The predicted molar refractivity (Wildman–Crippen MR) is 105 cm³/mol. The van der Waals surface area contributed by atoms with Crippen LogP contribution in [0.1, 0.15) is 11.1 Å². The number of nitrogens with one attached hydrogen (secondary N) is 1. The Labute approximate surface area is 157 Å². The third kappa shape index (κ3) is 3.93. The Bertz CT molecular complexity index is 1020. The minimum atomic E-state index is -0.292. The number of thioether (sulfide) groups is 1. The standard InChI is InChI=1S/C18H16BrN3O2S/c1-11-8-16(12(2)7-14(11)19)25-9-17(23)21-22-10-20-15-6-4-3-5-13(15)18(22)24/h3-8,10H,9H2,1-2H3,(H,21,23). The van der Waals surface area contributed by atoms with Crippen LogP contribution in [0.4, 0.5) is 0 Å². The molecule has 3 aromatic rings. The molecule has 0 fully saturated rings. The number of halogens is 1. The largest absolute Gasteiger partial charge is 0.280 e. The average molecular weight is 418 g/mol. The van der Waals surface area contributed by atoms with E-state index in [4.69, 9.17) is 0 Å². The number of amides is 1. The number of carbonyl (C=O) groups is 1. The summed E-state index contributed by atoms with van der Waals surface area (Å²) in [5.74, 6) is -0.0505. The van der Waals surface area contributed by atoms with Gasteiger partial charge in [-0.1, -0.05) is 28.1 Å². The predicted octanol–water partition coefficient (Wildman–Crippen LogP) is 3.64. The maximum absolute atomic E-state index is 12.4. The minimum Gasteiger partial charge on any atom is -0.272 e. The van der Waals surface area contributed by atoms with Gasteiger partial charge in [0, 0.05) is 9.37 Å². The molecule has 0 radical (unpaired) electrons. The highest BCUT2D eigenvalue weighted by atomic mass is 79.9. The molecule has 2 aromatic carbocycles. The van der Waals surface area contributed by atoms with E-state index in [9.17, 15) is 9.59 Å². The van der Waals surface area contributed by atoms with Gasteiger partial charge in [0.25, 0.3) is 5.56 Å². The zero-order chi connectivity index (χ0) is 18.0. The SMILES string of the molecule is Cc1cc(SCC(=O)Nn2cnc3ccccc3c2=O)c(C)cc1Br. The molecule has 0 aliphatic carbocycles. The molecule has 7 heteroatoms. The Balaban J connectivity index is 1.72. The molecule has 1 aromatic heterocycles. The molecule has 25 heavy (non-hydrogen) atoms. The highest BCUT2D eigenvalue weighted by Gasteiger charge is 2.09. The van der Waals surface area contributed by atoms with Crippen molar-refractivity contribution in [1.29, 1.82) is 0 Å². The van der Waals surface area contributed by atoms with Gasteiger partial charge >= 0.3 is 0 Å². The summed E-state index contributed by atoms with van der Waals surface area (Å²) >= 11 is 4.94. The molecule has 0 spiro atoms. The minimum absolute atomic E-state index is 0.210. The van der Waals surface area contributed by atoms with Crippen LogP contribution in [-0.4, -0.2) is 21.3 Å². The average Bonchev–Trinajstić information content (AvgIpc) is 2.59. The first-order chi connectivity index (χ1) is 12.0. The molecule has 0 aliphatic heterocycles. The fourth-order valence-corrected chi connectivity index (χ4v) is 3.72. The van der Waals surface area contributed by atoms with Crippen LogP contribution in [0.15, 0.2) is 56.9 Å². The molecule has 1 heterocycles.